The minimum atomic E-state index is -3.15. The molecule has 2 aliphatic heterocycles. The molecular formula is C21H27BF2N4O4. The fourth-order valence-electron chi connectivity index (χ4n) is 4.01. The van der Waals surface area contributed by atoms with Gasteiger partial charge in [-0.25, -0.2) is 23.5 Å². The van der Waals surface area contributed by atoms with Gasteiger partial charge in [-0.1, -0.05) is 0 Å². The minimum Gasteiger partial charge on any atom is -0.465 e. The number of anilines is 1. The lowest BCUT2D eigenvalue weighted by molar-refractivity contribution is 0.00578. The fraction of sp³-hybridized carbons (Fsp3) is 0.571. The largest absolute Gasteiger partial charge is 0.495 e. The van der Waals surface area contributed by atoms with Crippen molar-refractivity contribution in [2.75, 3.05) is 31.1 Å². The average Bonchev–Trinajstić information content (AvgIpc) is 2.93. The molecule has 0 bridgehead atoms. The molecular weight excluding hydrogens is 421 g/mol. The molecule has 2 saturated heterocycles. The first-order valence-electron chi connectivity index (χ1n) is 10.6. The lowest BCUT2D eigenvalue weighted by Crippen LogP contribution is -2.48. The Bertz CT molecular complexity index is 1040. The zero-order chi connectivity index (χ0) is 23.5. The summed E-state index contributed by atoms with van der Waals surface area (Å²) < 4.78 is 41.6. The lowest BCUT2D eigenvalue weighted by Gasteiger charge is -2.34. The smallest absolute Gasteiger partial charge is 0.465 e. The van der Waals surface area contributed by atoms with E-state index in [0.717, 1.165) is 6.92 Å². The van der Waals surface area contributed by atoms with Crippen LogP contribution in [0, 0.1) is 0 Å². The highest BCUT2D eigenvalue weighted by molar-refractivity contribution is 6.63. The van der Waals surface area contributed by atoms with Gasteiger partial charge in [-0.3, -0.25) is 0 Å². The molecule has 172 valence electrons. The minimum absolute atomic E-state index is 0.205. The molecule has 0 radical (unpaired) electrons. The Morgan fingerprint density at radius 2 is 1.69 bits per heavy atom. The second-order valence-electron chi connectivity index (χ2n) is 9.39. The highest BCUT2D eigenvalue weighted by atomic mass is 19.3. The molecule has 32 heavy (non-hydrogen) atoms. The number of benzene rings is 1. The number of hydrogen-bond donors (Lipinski definition) is 1. The highest BCUT2D eigenvalue weighted by Crippen LogP contribution is 2.39. The standard InChI is InChI=1S/C21H27BF2N4O4/c1-19(2)20(3,4)32-22(31-19)15-11-16-13(10-14(15)21(5,23)24)17(26-12-25-16)27-6-8-28(9-7-27)18(29)30/h10-12H,6-9H2,1-5H3,(H,29,30). The van der Waals surface area contributed by atoms with Gasteiger partial charge in [0.25, 0.3) is 5.92 Å². The number of aromatic nitrogens is 2. The molecule has 0 atom stereocenters. The average molecular weight is 448 g/mol. The molecule has 0 spiro atoms. The number of halogens is 2. The van der Waals surface area contributed by atoms with Crippen molar-refractivity contribution in [3.05, 3.63) is 24.0 Å². The Morgan fingerprint density at radius 1 is 1.09 bits per heavy atom. The van der Waals surface area contributed by atoms with Gasteiger partial charge in [0, 0.05) is 44.1 Å². The van der Waals surface area contributed by atoms with Crippen molar-refractivity contribution in [2.45, 2.75) is 51.7 Å². The van der Waals surface area contributed by atoms with E-state index in [1.165, 1.54) is 17.3 Å². The second kappa shape index (κ2) is 7.52. The SMILES string of the molecule is CC(F)(F)c1cc2c(N3CCN(C(=O)O)CC3)ncnc2cc1B1OC(C)(C)C(C)(C)O1. The molecule has 1 amide bonds. The molecule has 2 aliphatic rings. The molecule has 1 aromatic carbocycles. The number of amides is 1. The van der Waals surface area contributed by atoms with Crippen LogP contribution >= 0.6 is 0 Å². The van der Waals surface area contributed by atoms with Crippen molar-refractivity contribution in [2.24, 2.45) is 0 Å². The molecule has 8 nitrogen and oxygen atoms in total. The van der Waals surface area contributed by atoms with E-state index in [1.54, 1.807) is 6.07 Å². The van der Waals surface area contributed by atoms with Crippen LogP contribution in [0.5, 0.6) is 0 Å². The molecule has 4 rings (SSSR count). The number of piperazine rings is 1. The summed E-state index contributed by atoms with van der Waals surface area (Å²) in [6.07, 6.45) is 0.413. The molecule has 0 saturated carbocycles. The molecule has 11 heteroatoms. The van der Waals surface area contributed by atoms with Crippen molar-refractivity contribution < 1.29 is 28.0 Å². The summed E-state index contributed by atoms with van der Waals surface area (Å²) >= 11 is 0. The van der Waals surface area contributed by atoms with Gasteiger partial charge in [-0.15, -0.1) is 0 Å². The van der Waals surface area contributed by atoms with Gasteiger partial charge in [0.05, 0.1) is 16.7 Å². The van der Waals surface area contributed by atoms with Gasteiger partial charge in [0.1, 0.15) is 12.1 Å². The lowest BCUT2D eigenvalue weighted by atomic mass is 9.74. The monoisotopic (exact) mass is 448 g/mol. The van der Waals surface area contributed by atoms with Crippen LogP contribution < -0.4 is 10.4 Å². The predicted molar refractivity (Wildman–Crippen MR) is 117 cm³/mol. The van der Waals surface area contributed by atoms with E-state index < -0.39 is 30.3 Å². The van der Waals surface area contributed by atoms with Crippen LogP contribution in [0.15, 0.2) is 18.5 Å². The first kappa shape index (κ1) is 22.7. The Labute approximate surface area is 185 Å². The quantitative estimate of drug-likeness (QED) is 0.723. The summed E-state index contributed by atoms with van der Waals surface area (Å²) in [4.78, 5) is 23.1. The molecule has 1 N–H and O–H groups in total. The van der Waals surface area contributed by atoms with Gasteiger partial charge in [-0.2, -0.15) is 0 Å². The van der Waals surface area contributed by atoms with Crippen molar-refractivity contribution in [1.82, 2.24) is 14.9 Å². The summed E-state index contributed by atoms with van der Waals surface area (Å²) in [5.74, 6) is -2.64. The summed E-state index contributed by atoms with van der Waals surface area (Å²) in [5, 5.41) is 9.66. The van der Waals surface area contributed by atoms with Crippen LogP contribution in [0.1, 0.15) is 40.2 Å². The number of fused-ring (bicyclic) bond motifs is 1. The Balaban J connectivity index is 1.78. The van der Waals surface area contributed by atoms with E-state index in [-0.39, 0.29) is 11.0 Å². The Morgan fingerprint density at radius 3 is 2.22 bits per heavy atom. The third-order valence-corrected chi connectivity index (χ3v) is 6.62. The van der Waals surface area contributed by atoms with E-state index in [0.29, 0.717) is 42.9 Å². The molecule has 1 aromatic heterocycles. The highest BCUT2D eigenvalue weighted by Gasteiger charge is 2.53. The van der Waals surface area contributed by atoms with E-state index in [4.69, 9.17) is 9.31 Å². The first-order chi connectivity index (χ1) is 14.8. The van der Waals surface area contributed by atoms with Gasteiger partial charge in [0.15, 0.2) is 0 Å². The maximum Gasteiger partial charge on any atom is 0.495 e. The number of alkyl halides is 2. The Kier molecular flexibility index (Phi) is 5.32. The van der Waals surface area contributed by atoms with E-state index >= 15 is 0 Å². The molecule has 2 aromatic rings. The number of hydrogen-bond acceptors (Lipinski definition) is 6. The summed E-state index contributed by atoms with van der Waals surface area (Å²) in [6, 6.07) is 3.00. The van der Waals surface area contributed by atoms with Gasteiger partial charge in [0.2, 0.25) is 0 Å². The Hall–Kier alpha value is -2.53. The number of carbonyl (C=O) groups is 1. The van der Waals surface area contributed by atoms with Crippen molar-refractivity contribution in [3.63, 3.8) is 0 Å². The van der Waals surface area contributed by atoms with Crippen LogP contribution in [0.25, 0.3) is 10.9 Å². The first-order valence-corrected chi connectivity index (χ1v) is 10.6. The molecule has 3 heterocycles. The molecule has 0 unspecified atom stereocenters. The number of rotatable bonds is 3. The van der Waals surface area contributed by atoms with Gasteiger partial charge < -0.3 is 24.2 Å². The van der Waals surface area contributed by atoms with Gasteiger partial charge in [-0.05, 0) is 45.3 Å². The van der Waals surface area contributed by atoms with Crippen molar-refractivity contribution in [3.8, 4) is 0 Å². The molecule has 2 fully saturated rings. The van der Waals surface area contributed by atoms with Crippen LogP contribution in [0.4, 0.5) is 19.4 Å². The summed E-state index contributed by atoms with van der Waals surface area (Å²) in [7, 11) is -0.956. The van der Waals surface area contributed by atoms with E-state index in [2.05, 4.69) is 9.97 Å². The van der Waals surface area contributed by atoms with Crippen LogP contribution in [0.2, 0.25) is 0 Å². The van der Waals surface area contributed by atoms with Crippen molar-refractivity contribution in [1.29, 1.82) is 0 Å². The maximum atomic E-state index is 14.8. The van der Waals surface area contributed by atoms with E-state index in [1.807, 2.05) is 32.6 Å². The topological polar surface area (TPSA) is 88.0 Å². The zero-order valence-electron chi connectivity index (χ0n) is 18.9. The van der Waals surface area contributed by atoms with Crippen LogP contribution in [-0.4, -0.2) is 70.6 Å². The second-order valence-corrected chi connectivity index (χ2v) is 9.39. The third-order valence-electron chi connectivity index (χ3n) is 6.62. The molecule has 0 aliphatic carbocycles. The van der Waals surface area contributed by atoms with Crippen molar-refractivity contribution >= 4 is 35.4 Å². The van der Waals surface area contributed by atoms with Crippen LogP contribution in [0.3, 0.4) is 0 Å². The number of carboxylic acid groups (broad SMARTS) is 1. The van der Waals surface area contributed by atoms with Crippen LogP contribution in [-0.2, 0) is 15.2 Å². The van der Waals surface area contributed by atoms with Gasteiger partial charge >= 0.3 is 13.2 Å². The fourth-order valence-corrected chi connectivity index (χ4v) is 4.01. The number of nitrogens with zero attached hydrogens (tertiary/aromatic N) is 4. The zero-order valence-corrected chi connectivity index (χ0v) is 18.9. The predicted octanol–water partition coefficient (Wildman–Crippen LogP) is 2.84. The normalized spacial score (nSPS) is 20.8. The van der Waals surface area contributed by atoms with E-state index in [9.17, 15) is 18.7 Å². The summed E-state index contributed by atoms with van der Waals surface area (Å²) in [6.45, 7) is 9.77. The maximum absolute atomic E-state index is 14.8. The summed E-state index contributed by atoms with van der Waals surface area (Å²) in [5.41, 5.74) is -0.817. The third kappa shape index (κ3) is 3.88.